The lowest BCUT2D eigenvalue weighted by Gasteiger charge is -2.13. The second-order valence-electron chi connectivity index (χ2n) is 2.28. The summed E-state index contributed by atoms with van der Waals surface area (Å²) in [6.45, 7) is 5.32. The Morgan fingerprint density at radius 1 is 1.80 bits per heavy atom. The average molecular weight is 155 g/mol. The fourth-order valence-electron chi connectivity index (χ4n) is 0.796. The van der Waals surface area contributed by atoms with Gasteiger partial charge in [-0.05, 0) is 19.4 Å². The highest BCUT2D eigenvalue weighted by molar-refractivity contribution is 8.03. The van der Waals surface area contributed by atoms with Gasteiger partial charge in [0.1, 0.15) is 0 Å². The smallest absolute Gasteiger partial charge is 0.0255 e. The first-order valence-corrected chi connectivity index (χ1v) is 4.53. The summed E-state index contributed by atoms with van der Waals surface area (Å²) in [4.78, 5) is 1.38. The quantitative estimate of drug-likeness (QED) is 0.622. The predicted octanol–water partition coefficient (Wildman–Crippen LogP) is 2.13. The lowest BCUT2D eigenvalue weighted by Crippen LogP contribution is -2.14. The van der Waals surface area contributed by atoms with E-state index >= 15 is 0 Å². The molecule has 0 atom stereocenters. The first-order chi connectivity index (χ1) is 4.84. The molecule has 1 nitrogen and oxygen atoms in total. The fraction of sp³-hybridized carbons (Fsp3) is 0.500. The van der Waals surface area contributed by atoms with Gasteiger partial charge in [0.05, 0.1) is 0 Å². The van der Waals surface area contributed by atoms with E-state index in [4.69, 9.17) is 0 Å². The second kappa shape index (κ2) is 3.71. The zero-order chi connectivity index (χ0) is 7.40. The first-order valence-electron chi connectivity index (χ1n) is 3.54. The first kappa shape index (κ1) is 7.73. The van der Waals surface area contributed by atoms with Crippen molar-refractivity contribution < 1.29 is 0 Å². The highest BCUT2D eigenvalue weighted by Gasteiger charge is 2.03. The van der Waals surface area contributed by atoms with Crippen LogP contribution in [0.4, 0.5) is 0 Å². The van der Waals surface area contributed by atoms with Crippen LogP contribution in [-0.2, 0) is 0 Å². The van der Waals surface area contributed by atoms with E-state index in [-0.39, 0.29) is 0 Å². The van der Waals surface area contributed by atoms with Crippen molar-refractivity contribution in [3.8, 4) is 0 Å². The summed E-state index contributed by atoms with van der Waals surface area (Å²) in [5, 5.41) is 3.23. The standard InChI is InChI=1S/C8H13NS/c1-3-7(2)8-6-9-4-5-10-8/h3,6,9H,4-5H2,1-2H3/b7-3+. The van der Waals surface area contributed by atoms with Gasteiger partial charge in [-0.2, -0.15) is 0 Å². The molecule has 56 valence electrons. The minimum absolute atomic E-state index is 1.10. The molecule has 0 radical (unpaired) electrons. The van der Waals surface area contributed by atoms with Crippen molar-refractivity contribution in [3.63, 3.8) is 0 Å². The number of allylic oxidation sites excluding steroid dienone is 2. The van der Waals surface area contributed by atoms with Gasteiger partial charge in [-0.1, -0.05) is 6.08 Å². The predicted molar refractivity (Wildman–Crippen MR) is 48.0 cm³/mol. The molecule has 1 aliphatic rings. The zero-order valence-corrected chi connectivity index (χ0v) is 7.29. The molecule has 2 heteroatoms. The van der Waals surface area contributed by atoms with Crippen molar-refractivity contribution in [1.82, 2.24) is 5.32 Å². The number of nitrogens with one attached hydrogen (secondary N) is 1. The lowest BCUT2D eigenvalue weighted by molar-refractivity contribution is 0.915. The molecule has 0 amide bonds. The molecule has 0 saturated carbocycles. The third-order valence-corrected chi connectivity index (χ3v) is 2.72. The van der Waals surface area contributed by atoms with Crippen LogP contribution in [0.15, 0.2) is 22.8 Å². The van der Waals surface area contributed by atoms with Gasteiger partial charge < -0.3 is 5.32 Å². The summed E-state index contributed by atoms with van der Waals surface area (Å²) < 4.78 is 0. The van der Waals surface area contributed by atoms with Crippen molar-refractivity contribution in [2.24, 2.45) is 0 Å². The minimum atomic E-state index is 1.10. The fourth-order valence-corrected chi connectivity index (χ4v) is 1.75. The Morgan fingerprint density at radius 3 is 3.10 bits per heavy atom. The van der Waals surface area contributed by atoms with Crippen LogP contribution in [0.5, 0.6) is 0 Å². The molecule has 0 bridgehead atoms. The number of hydrogen-bond acceptors (Lipinski definition) is 2. The van der Waals surface area contributed by atoms with E-state index in [1.807, 2.05) is 11.8 Å². The molecule has 1 aliphatic heterocycles. The third-order valence-electron chi connectivity index (χ3n) is 1.56. The SMILES string of the molecule is C/C=C(\C)C1=CNCCS1. The van der Waals surface area contributed by atoms with Crippen LogP contribution in [-0.4, -0.2) is 12.3 Å². The molecule has 0 aromatic rings. The van der Waals surface area contributed by atoms with Gasteiger partial charge >= 0.3 is 0 Å². The summed E-state index contributed by atoms with van der Waals surface area (Å²) in [5.41, 5.74) is 1.37. The summed E-state index contributed by atoms with van der Waals surface area (Å²) in [5.74, 6) is 1.19. The van der Waals surface area contributed by atoms with Crippen LogP contribution >= 0.6 is 11.8 Å². The van der Waals surface area contributed by atoms with E-state index in [1.165, 1.54) is 16.2 Å². The molecule has 0 fully saturated rings. The molecule has 1 N–H and O–H groups in total. The Bertz CT molecular complexity index is 170. The average Bonchev–Trinajstić information content (AvgIpc) is 2.05. The second-order valence-corrected chi connectivity index (χ2v) is 3.42. The van der Waals surface area contributed by atoms with Crippen LogP contribution in [0, 0.1) is 0 Å². The largest absolute Gasteiger partial charge is 0.389 e. The zero-order valence-electron chi connectivity index (χ0n) is 6.48. The van der Waals surface area contributed by atoms with Crippen molar-refractivity contribution in [2.75, 3.05) is 12.3 Å². The van der Waals surface area contributed by atoms with Gasteiger partial charge in [0.15, 0.2) is 0 Å². The Labute approximate surface area is 66.6 Å². The number of hydrogen-bond donors (Lipinski definition) is 1. The molecule has 0 unspecified atom stereocenters. The van der Waals surface area contributed by atoms with E-state index in [0.29, 0.717) is 0 Å². The third kappa shape index (κ3) is 1.81. The molecule has 0 spiro atoms. The van der Waals surface area contributed by atoms with E-state index in [2.05, 4.69) is 31.4 Å². The molecule has 1 heterocycles. The highest BCUT2D eigenvalue weighted by atomic mass is 32.2. The molecule has 0 aliphatic carbocycles. The van der Waals surface area contributed by atoms with Crippen molar-refractivity contribution in [1.29, 1.82) is 0 Å². The van der Waals surface area contributed by atoms with Gasteiger partial charge in [0.2, 0.25) is 0 Å². The van der Waals surface area contributed by atoms with Gasteiger partial charge in [-0.25, -0.2) is 0 Å². The molecule has 0 saturated heterocycles. The normalized spacial score (nSPS) is 19.8. The molecule has 1 rings (SSSR count). The molecule has 10 heavy (non-hydrogen) atoms. The molecular formula is C8H13NS. The van der Waals surface area contributed by atoms with Crippen molar-refractivity contribution in [2.45, 2.75) is 13.8 Å². The van der Waals surface area contributed by atoms with Crippen LogP contribution in [0.2, 0.25) is 0 Å². The topological polar surface area (TPSA) is 12.0 Å². The van der Waals surface area contributed by atoms with E-state index in [0.717, 1.165) is 6.54 Å². The Hall–Kier alpha value is -0.370. The molecular weight excluding hydrogens is 142 g/mol. The minimum Gasteiger partial charge on any atom is -0.389 e. The monoisotopic (exact) mass is 155 g/mol. The van der Waals surface area contributed by atoms with Crippen LogP contribution in [0.3, 0.4) is 0 Å². The maximum absolute atomic E-state index is 3.23. The van der Waals surface area contributed by atoms with Gasteiger partial charge in [-0.3, -0.25) is 0 Å². The Balaban J connectivity index is 2.62. The van der Waals surface area contributed by atoms with Crippen LogP contribution in [0.25, 0.3) is 0 Å². The summed E-state index contributed by atoms with van der Waals surface area (Å²) in [7, 11) is 0. The van der Waals surface area contributed by atoms with Gasteiger partial charge in [0.25, 0.3) is 0 Å². The van der Waals surface area contributed by atoms with E-state index in [1.54, 1.807) is 0 Å². The summed E-state index contributed by atoms with van der Waals surface area (Å²) >= 11 is 1.93. The number of rotatable bonds is 1. The summed E-state index contributed by atoms with van der Waals surface area (Å²) in [6, 6.07) is 0. The Morgan fingerprint density at radius 2 is 2.60 bits per heavy atom. The van der Waals surface area contributed by atoms with Crippen molar-refractivity contribution >= 4 is 11.8 Å². The molecule has 0 aromatic heterocycles. The maximum atomic E-state index is 3.23. The highest BCUT2D eigenvalue weighted by Crippen LogP contribution is 2.24. The number of thioether (sulfide) groups is 1. The maximum Gasteiger partial charge on any atom is 0.0255 e. The van der Waals surface area contributed by atoms with Crippen LogP contribution < -0.4 is 5.32 Å². The Kier molecular flexibility index (Phi) is 2.87. The van der Waals surface area contributed by atoms with Crippen LogP contribution in [0.1, 0.15) is 13.8 Å². The van der Waals surface area contributed by atoms with Gasteiger partial charge in [0, 0.05) is 23.4 Å². The lowest BCUT2D eigenvalue weighted by atomic mass is 10.3. The van der Waals surface area contributed by atoms with E-state index < -0.39 is 0 Å². The van der Waals surface area contributed by atoms with Crippen molar-refractivity contribution in [3.05, 3.63) is 22.8 Å². The molecule has 0 aromatic carbocycles. The van der Waals surface area contributed by atoms with Gasteiger partial charge in [-0.15, -0.1) is 11.8 Å². The van der Waals surface area contributed by atoms with E-state index in [9.17, 15) is 0 Å². The summed E-state index contributed by atoms with van der Waals surface area (Å²) in [6.07, 6.45) is 4.25.